The number of aromatic amines is 1. The molecule has 0 aliphatic heterocycles. The Morgan fingerprint density at radius 1 is 1.26 bits per heavy atom. The molecule has 9 heteroatoms. The van der Waals surface area contributed by atoms with Gasteiger partial charge in [0.2, 0.25) is 10.0 Å². The van der Waals surface area contributed by atoms with E-state index in [0.717, 1.165) is 27.2 Å². The smallest absolute Gasteiger partial charge is 0.233 e. The van der Waals surface area contributed by atoms with E-state index in [4.69, 9.17) is 0 Å². The molecular formula is C14H16N6O2S. The summed E-state index contributed by atoms with van der Waals surface area (Å²) in [5, 5.41) is 4.07. The van der Waals surface area contributed by atoms with Crippen LogP contribution in [0.5, 0.6) is 0 Å². The van der Waals surface area contributed by atoms with Gasteiger partial charge in [0.05, 0.1) is 11.6 Å². The molecule has 2 N–H and O–H groups in total. The molecule has 0 radical (unpaired) electrons. The number of hydrogen-bond donors (Lipinski definition) is 2. The first-order valence-electron chi connectivity index (χ1n) is 6.86. The van der Waals surface area contributed by atoms with Gasteiger partial charge < -0.3 is 10.3 Å². The molecule has 3 rings (SSSR count). The Morgan fingerprint density at radius 2 is 2.09 bits per heavy atom. The Hall–Kier alpha value is -2.68. The van der Waals surface area contributed by atoms with E-state index in [1.54, 1.807) is 18.5 Å². The predicted molar refractivity (Wildman–Crippen MR) is 88.7 cm³/mol. The summed E-state index contributed by atoms with van der Waals surface area (Å²) in [4.78, 5) is 15.5. The van der Waals surface area contributed by atoms with Crippen molar-refractivity contribution in [1.29, 1.82) is 0 Å². The molecule has 0 atom stereocenters. The zero-order valence-electron chi connectivity index (χ0n) is 12.7. The van der Waals surface area contributed by atoms with Crippen LogP contribution in [0.2, 0.25) is 0 Å². The molecule has 0 saturated heterocycles. The van der Waals surface area contributed by atoms with Crippen LogP contribution in [-0.2, 0) is 16.6 Å². The van der Waals surface area contributed by atoms with Crippen LogP contribution >= 0.6 is 0 Å². The van der Waals surface area contributed by atoms with E-state index in [9.17, 15) is 8.42 Å². The number of anilines is 2. The second-order valence-electron chi connectivity index (χ2n) is 5.03. The fraction of sp³-hybridized carbons (Fsp3) is 0.214. The largest absolute Gasteiger partial charge is 0.365 e. The fourth-order valence-electron chi connectivity index (χ4n) is 2.20. The average Bonchev–Trinajstić information content (AvgIpc) is 3.00. The van der Waals surface area contributed by atoms with Crippen molar-refractivity contribution in [3.8, 4) is 0 Å². The standard InChI is InChI=1S/C14H16N6O2S/c1-20(23(2,21)22)14-10(4-3-6-16-14)8-17-13-11-5-7-15-12(11)18-9-19-13/h3-7,9H,8H2,1-2H3,(H2,15,17,18,19). The summed E-state index contributed by atoms with van der Waals surface area (Å²) in [5.41, 5.74) is 1.49. The van der Waals surface area contributed by atoms with Crippen molar-refractivity contribution in [3.05, 3.63) is 42.5 Å². The molecular weight excluding hydrogens is 316 g/mol. The van der Waals surface area contributed by atoms with Gasteiger partial charge in [0.25, 0.3) is 0 Å². The van der Waals surface area contributed by atoms with E-state index in [1.165, 1.54) is 13.4 Å². The molecule has 3 aromatic heterocycles. The molecule has 3 heterocycles. The molecule has 0 bridgehead atoms. The van der Waals surface area contributed by atoms with Gasteiger partial charge in [-0.25, -0.2) is 23.4 Å². The Balaban J connectivity index is 1.88. The minimum Gasteiger partial charge on any atom is -0.365 e. The Bertz CT molecular complexity index is 937. The topological polar surface area (TPSA) is 104 Å². The van der Waals surface area contributed by atoms with Crippen molar-refractivity contribution in [2.75, 3.05) is 22.9 Å². The van der Waals surface area contributed by atoms with Gasteiger partial charge >= 0.3 is 0 Å². The molecule has 0 unspecified atom stereocenters. The lowest BCUT2D eigenvalue weighted by Crippen LogP contribution is -2.27. The predicted octanol–water partition coefficient (Wildman–Crippen LogP) is 1.36. The number of pyridine rings is 1. The van der Waals surface area contributed by atoms with Gasteiger partial charge in [0, 0.05) is 31.5 Å². The first kappa shape index (κ1) is 15.2. The van der Waals surface area contributed by atoms with E-state index in [-0.39, 0.29) is 0 Å². The van der Waals surface area contributed by atoms with Crippen molar-refractivity contribution < 1.29 is 8.42 Å². The van der Waals surface area contributed by atoms with Gasteiger partial charge in [-0.2, -0.15) is 0 Å². The van der Waals surface area contributed by atoms with Crippen molar-refractivity contribution >= 4 is 32.7 Å². The van der Waals surface area contributed by atoms with Gasteiger partial charge in [0.15, 0.2) is 0 Å². The number of H-pyrrole nitrogens is 1. The normalized spacial score (nSPS) is 11.6. The van der Waals surface area contributed by atoms with Crippen molar-refractivity contribution in [2.45, 2.75) is 6.54 Å². The van der Waals surface area contributed by atoms with Crippen LogP contribution in [0.4, 0.5) is 11.6 Å². The second-order valence-corrected chi connectivity index (χ2v) is 7.05. The van der Waals surface area contributed by atoms with Crippen molar-refractivity contribution in [3.63, 3.8) is 0 Å². The average molecular weight is 332 g/mol. The monoisotopic (exact) mass is 332 g/mol. The molecule has 0 aliphatic rings. The fourth-order valence-corrected chi connectivity index (χ4v) is 2.68. The van der Waals surface area contributed by atoms with Crippen LogP contribution in [0, 0.1) is 0 Å². The van der Waals surface area contributed by atoms with Gasteiger partial charge in [-0.05, 0) is 12.1 Å². The molecule has 0 saturated carbocycles. The summed E-state index contributed by atoms with van der Waals surface area (Å²) in [5.74, 6) is 1.06. The van der Waals surface area contributed by atoms with Crippen LogP contribution < -0.4 is 9.62 Å². The molecule has 3 aromatic rings. The molecule has 0 aliphatic carbocycles. The van der Waals surface area contributed by atoms with E-state index in [2.05, 4.69) is 25.3 Å². The van der Waals surface area contributed by atoms with Crippen molar-refractivity contribution in [2.24, 2.45) is 0 Å². The zero-order chi connectivity index (χ0) is 16.4. The third-order valence-electron chi connectivity index (χ3n) is 3.46. The summed E-state index contributed by atoms with van der Waals surface area (Å²) in [7, 11) is -1.89. The molecule has 0 spiro atoms. The minimum atomic E-state index is -3.37. The van der Waals surface area contributed by atoms with Crippen LogP contribution in [0.1, 0.15) is 5.56 Å². The van der Waals surface area contributed by atoms with E-state index < -0.39 is 10.0 Å². The summed E-state index contributed by atoms with van der Waals surface area (Å²) in [6.45, 7) is 0.389. The Labute approximate surface area is 133 Å². The number of nitrogens with zero attached hydrogens (tertiary/aromatic N) is 4. The second kappa shape index (κ2) is 5.84. The number of aromatic nitrogens is 4. The van der Waals surface area contributed by atoms with E-state index in [1.807, 2.05) is 12.1 Å². The third kappa shape index (κ3) is 3.09. The summed E-state index contributed by atoms with van der Waals surface area (Å²) in [6, 6.07) is 5.47. The zero-order valence-corrected chi connectivity index (χ0v) is 13.5. The molecule has 8 nitrogen and oxygen atoms in total. The lowest BCUT2D eigenvalue weighted by atomic mass is 10.2. The summed E-state index contributed by atoms with van der Waals surface area (Å²) in [6.07, 6.45) is 5.97. The van der Waals surface area contributed by atoms with Crippen LogP contribution in [0.15, 0.2) is 36.9 Å². The van der Waals surface area contributed by atoms with Gasteiger partial charge in [-0.1, -0.05) is 6.07 Å². The maximum absolute atomic E-state index is 11.7. The van der Waals surface area contributed by atoms with Gasteiger partial charge in [-0.15, -0.1) is 0 Å². The number of fused-ring (bicyclic) bond motifs is 1. The minimum absolute atomic E-state index is 0.389. The highest BCUT2D eigenvalue weighted by molar-refractivity contribution is 7.92. The highest BCUT2D eigenvalue weighted by atomic mass is 32.2. The lowest BCUT2D eigenvalue weighted by molar-refractivity contribution is 0.599. The Morgan fingerprint density at radius 3 is 2.87 bits per heavy atom. The first-order chi connectivity index (χ1) is 11.0. The number of hydrogen-bond acceptors (Lipinski definition) is 6. The quantitative estimate of drug-likeness (QED) is 0.731. The van der Waals surface area contributed by atoms with Crippen LogP contribution in [-0.4, -0.2) is 41.7 Å². The molecule has 0 aromatic carbocycles. The van der Waals surface area contributed by atoms with Gasteiger partial charge in [-0.3, -0.25) is 4.31 Å². The molecule has 0 amide bonds. The highest BCUT2D eigenvalue weighted by Gasteiger charge is 2.17. The third-order valence-corrected chi connectivity index (χ3v) is 4.63. The summed E-state index contributed by atoms with van der Waals surface area (Å²) >= 11 is 0. The highest BCUT2D eigenvalue weighted by Crippen LogP contribution is 2.22. The summed E-state index contributed by atoms with van der Waals surface area (Å²) < 4.78 is 24.6. The molecule has 23 heavy (non-hydrogen) atoms. The van der Waals surface area contributed by atoms with E-state index in [0.29, 0.717) is 18.2 Å². The number of nitrogens with one attached hydrogen (secondary N) is 2. The van der Waals surface area contributed by atoms with Crippen molar-refractivity contribution in [1.82, 2.24) is 19.9 Å². The maximum atomic E-state index is 11.7. The SMILES string of the molecule is CN(c1ncccc1CNc1ncnc2[nH]ccc12)S(C)(=O)=O. The lowest BCUT2D eigenvalue weighted by Gasteiger charge is -2.19. The van der Waals surface area contributed by atoms with Gasteiger partial charge in [0.1, 0.15) is 23.6 Å². The Kier molecular flexibility index (Phi) is 3.87. The maximum Gasteiger partial charge on any atom is 0.233 e. The molecule has 120 valence electrons. The molecule has 0 fully saturated rings. The van der Waals surface area contributed by atoms with Crippen LogP contribution in [0.3, 0.4) is 0 Å². The number of rotatable bonds is 5. The number of sulfonamides is 1. The first-order valence-corrected chi connectivity index (χ1v) is 8.71. The van der Waals surface area contributed by atoms with Crippen LogP contribution in [0.25, 0.3) is 11.0 Å². The van der Waals surface area contributed by atoms with E-state index >= 15 is 0 Å².